The smallest absolute Gasteiger partial charge is 0.338 e. The van der Waals surface area contributed by atoms with Crippen LogP contribution in [0.15, 0.2) is 36.4 Å². The summed E-state index contributed by atoms with van der Waals surface area (Å²) >= 11 is 0. The highest BCUT2D eigenvalue weighted by atomic mass is 16.5. The van der Waals surface area contributed by atoms with Gasteiger partial charge in [0.1, 0.15) is 6.61 Å². The first-order valence-electron chi connectivity index (χ1n) is 5.63. The van der Waals surface area contributed by atoms with Gasteiger partial charge in [0, 0.05) is 5.57 Å². The highest BCUT2D eigenvalue weighted by molar-refractivity contribution is 5.89. The largest absolute Gasteiger partial charge is 0.462 e. The molecular weight excluding hydrogens is 232 g/mol. The van der Waals surface area contributed by atoms with E-state index in [4.69, 9.17) is 9.47 Å². The van der Waals surface area contributed by atoms with Gasteiger partial charge in [0.05, 0.1) is 12.2 Å². The molecule has 0 fully saturated rings. The first-order valence-corrected chi connectivity index (χ1v) is 5.63. The van der Waals surface area contributed by atoms with Gasteiger partial charge >= 0.3 is 11.9 Å². The van der Waals surface area contributed by atoms with Gasteiger partial charge in [-0.3, -0.25) is 0 Å². The first kappa shape index (κ1) is 14.0. The molecule has 1 rings (SSSR count). The van der Waals surface area contributed by atoms with E-state index in [2.05, 4.69) is 6.58 Å². The molecule has 0 atom stereocenters. The second kappa shape index (κ2) is 6.59. The molecule has 0 saturated carbocycles. The third-order valence-corrected chi connectivity index (χ3v) is 2.18. The van der Waals surface area contributed by atoms with Crippen molar-refractivity contribution >= 4 is 11.9 Å². The molecule has 0 bridgehead atoms. The molecule has 4 heteroatoms. The number of carbonyl (C=O) groups excluding carboxylic acids is 2. The summed E-state index contributed by atoms with van der Waals surface area (Å²) in [5.74, 6) is -0.785. The van der Waals surface area contributed by atoms with Crippen LogP contribution < -0.4 is 0 Å². The zero-order valence-electron chi connectivity index (χ0n) is 10.6. The van der Waals surface area contributed by atoms with Crippen LogP contribution in [-0.2, 0) is 20.9 Å². The number of esters is 2. The predicted octanol–water partition coefficient (Wildman–Crippen LogP) is 2.48. The topological polar surface area (TPSA) is 52.6 Å². The van der Waals surface area contributed by atoms with Crippen LogP contribution in [0.1, 0.15) is 29.8 Å². The van der Waals surface area contributed by atoms with E-state index in [0.29, 0.717) is 17.7 Å². The average molecular weight is 248 g/mol. The average Bonchev–Trinajstić information content (AvgIpc) is 2.36. The van der Waals surface area contributed by atoms with Gasteiger partial charge in [-0.05, 0) is 31.5 Å². The molecule has 0 saturated heterocycles. The Morgan fingerprint density at radius 2 is 1.78 bits per heavy atom. The van der Waals surface area contributed by atoms with Crippen molar-refractivity contribution < 1.29 is 19.1 Å². The Kier molecular flexibility index (Phi) is 5.11. The maximum absolute atomic E-state index is 11.4. The summed E-state index contributed by atoms with van der Waals surface area (Å²) in [5.41, 5.74) is 1.64. The van der Waals surface area contributed by atoms with Crippen molar-refractivity contribution in [2.75, 3.05) is 6.61 Å². The second-order valence-electron chi connectivity index (χ2n) is 3.77. The van der Waals surface area contributed by atoms with Gasteiger partial charge in [-0.2, -0.15) is 0 Å². The van der Waals surface area contributed by atoms with Crippen LogP contribution in [0.3, 0.4) is 0 Å². The lowest BCUT2D eigenvalue weighted by Gasteiger charge is -2.05. The molecule has 0 amide bonds. The van der Waals surface area contributed by atoms with Crippen molar-refractivity contribution in [3.63, 3.8) is 0 Å². The molecule has 18 heavy (non-hydrogen) atoms. The molecule has 96 valence electrons. The van der Waals surface area contributed by atoms with Gasteiger partial charge < -0.3 is 9.47 Å². The van der Waals surface area contributed by atoms with Crippen molar-refractivity contribution in [3.05, 3.63) is 47.5 Å². The molecule has 0 aliphatic heterocycles. The highest BCUT2D eigenvalue weighted by Gasteiger charge is 2.07. The van der Waals surface area contributed by atoms with Crippen molar-refractivity contribution in [1.82, 2.24) is 0 Å². The normalized spacial score (nSPS) is 9.67. The van der Waals surface area contributed by atoms with Crippen molar-refractivity contribution in [2.24, 2.45) is 0 Å². The monoisotopic (exact) mass is 248 g/mol. The van der Waals surface area contributed by atoms with Crippen molar-refractivity contribution in [3.8, 4) is 0 Å². The van der Waals surface area contributed by atoms with Crippen LogP contribution in [-0.4, -0.2) is 18.5 Å². The summed E-state index contributed by atoms with van der Waals surface area (Å²) in [5, 5.41) is 0. The molecule has 0 unspecified atom stereocenters. The fourth-order valence-corrected chi connectivity index (χ4v) is 1.22. The lowest BCUT2D eigenvalue weighted by atomic mass is 10.1. The lowest BCUT2D eigenvalue weighted by molar-refractivity contribution is -0.140. The number of carbonyl (C=O) groups is 2. The quantitative estimate of drug-likeness (QED) is 0.593. The number of hydrogen-bond acceptors (Lipinski definition) is 4. The van der Waals surface area contributed by atoms with Gasteiger partial charge in [0.2, 0.25) is 0 Å². The Bertz CT molecular complexity index is 445. The van der Waals surface area contributed by atoms with Crippen LogP contribution in [0.25, 0.3) is 0 Å². The summed E-state index contributed by atoms with van der Waals surface area (Å²) < 4.78 is 9.84. The van der Waals surface area contributed by atoms with E-state index in [-0.39, 0.29) is 12.6 Å². The summed E-state index contributed by atoms with van der Waals surface area (Å²) in [6.07, 6.45) is 0. The van der Waals surface area contributed by atoms with E-state index in [1.807, 2.05) is 0 Å². The molecule has 0 aliphatic carbocycles. The molecule has 0 heterocycles. The zero-order chi connectivity index (χ0) is 13.5. The van der Waals surface area contributed by atoms with E-state index < -0.39 is 5.97 Å². The van der Waals surface area contributed by atoms with Crippen LogP contribution >= 0.6 is 0 Å². The minimum atomic E-state index is -0.426. The highest BCUT2D eigenvalue weighted by Crippen LogP contribution is 2.08. The van der Waals surface area contributed by atoms with Crippen molar-refractivity contribution in [2.45, 2.75) is 20.5 Å². The predicted molar refractivity (Wildman–Crippen MR) is 67.0 cm³/mol. The van der Waals surface area contributed by atoms with Crippen LogP contribution in [0.2, 0.25) is 0 Å². The Morgan fingerprint density at radius 1 is 1.17 bits per heavy atom. The lowest BCUT2D eigenvalue weighted by Crippen LogP contribution is -2.06. The molecular formula is C14H16O4. The zero-order valence-corrected chi connectivity index (χ0v) is 10.6. The number of ether oxygens (including phenoxy) is 2. The number of hydrogen-bond donors (Lipinski definition) is 0. The van der Waals surface area contributed by atoms with Gasteiger partial charge in [0.15, 0.2) is 0 Å². The molecule has 4 nitrogen and oxygen atoms in total. The van der Waals surface area contributed by atoms with Gasteiger partial charge in [-0.15, -0.1) is 0 Å². The summed E-state index contributed by atoms with van der Waals surface area (Å²) in [7, 11) is 0. The van der Waals surface area contributed by atoms with E-state index >= 15 is 0 Å². The maximum atomic E-state index is 11.4. The van der Waals surface area contributed by atoms with Crippen LogP contribution in [0, 0.1) is 0 Å². The van der Waals surface area contributed by atoms with E-state index in [9.17, 15) is 9.59 Å². The van der Waals surface area contributed by atoms with Crippen LogP contribution in [0.4, 0.5) is 0 Å². The third-order valence-electron chi connectivity index (χ3n) is 2.18. The van der Waals surface area contributed by atoms with E-state index in [0.717, 1.165) is 5.56 Å². The van der Waals surface area contributed by atoms with Gasteiger partial charge in [0.25, 0.3) is 0 Å². The minimum absolute atomic E-state index is 0.162. The second-order valence-corrected chi connectivity index (χ2v) is 3.77. The molecule has 0 aromatic heterocycles. The Balaban J connectivity index is 2.58. The number of rotatable bonds is 5. The molecule has 0 aliphatic rings. The third kappa shape index (κ3) is 4.05. The fraction of sp³-hybridized carbons (Fsp3) is 0.286. The maximum Gasteiger partial charge on any atom is 0.338 e. The number of benzene rings is 1. The standard InChI is InChI=1S/C14H16O4/c1-4-17-14(16)12-7-5-11(6-8-12)9-18-13(15)10(2)3/h5-8H,2,4,9H2,1,3H3. The van der Waals surface area contributed by atoms with E-state index in [1.54, 1.807) is 38.1 Å². The Morgan fingerprint density at radius 3 is 2.28 bits per heavy atom. The minimum Gasteiger partial charge on any atom is -0.462 e. The van der Waals surface area contributed by atoms with Crippen molar-refractivity contribution in [1.29, 1.82) is 0 Å². The molecule has 0 spiro atoms. The molecule has 0 N–H and O–H groups in total. The van der Waals surface area contributed by atoms with Gasteiger partial charge in [-0.1, -0.05) is 18.7 Å². The fourth-order valence-electron chi connectivity index (χ4n) is 1.22. The first-order chi connectivity index (χ1) is 8.54. The Labute approximate surface area is 106 Å². The Hall–Kier alpha value is -2.10. The molecule has 1 aromatic carbocycles. The van der Waals surface area contributed by atoms with E-state index in [1.165, 1.54) is 0 Å². The van der Waals surface area contributed by atoms with Gasteiger partial charge in [-0.25, -0.2) is 9.59 Å². The van der Waals surface area contributed by atoms with Crippen LogP contribution in [0.5, 0.6) is 0 Å². The molecule has 1 aromatic rings. The SMILES string of the molecule is C=C(C)C(=O)OCc1ccc(C(=O)OCC)cc1. The summed E-state index contributed by atoms with van der Waals surface area (Å²) in [6, 6.07) is 6.72. The summed E-state index contributed by atoms with van der Waals surface area (Å²) in [6.45, 7) is 7.34. The summed E-state index contributed by atoms with van der Waals surface area (Å²) in [4.78, 5) is 22.6. The molecule has 0 radical (unpaired) electrons.